The first-order chi connectivity index (χ1) is 7.22. The van der Waals surface area contributed by atoms with E-state index in [2.05, 4.69) is 22.6 Å². The Balaban J connectivity index is 3.25. The van der Waals surface area contributed by atoms with E-state index in [9.17, 15) is 4.79 Å². The fourth-order valence-electron chi connectivity index (χ4n) is 1.69. The van der Waals surface area contributed by atoms with Crippen molar-refractivity contribution in [2.45, 2.75) is 58.3 Å². The van der Waals surface area contributed by atoms with E-state index in [0.29, 0.717) is 0 Å². The van der Waals surface area contributed by atoms with Crippen molar-refractivity contribution in [2.24, 2.45) is 5.92 Å². The largest absolute Gasteiger partial charge is 0.481 e. The number of alkyl halides is 1. The van der Waals surface area contributed by atoms with Gasteiger partial charge in [-0.05, 0) is 23.7 Å². The van der Waals surface area contributed by atoms with Gasteiger partial charge in [0, 0.05) is 0 Å². The molecule has 0 saturated carbocycles. The molecular formula is C12H23IO2. The van der Waals surface area contributed by atoms with Crippen LogP contribution in [0.1, 0.15) is 58.3 Å². The third-order valence-corrected chi connectivity index (χ3v) is 3.54. The van der Waals surface area contributed by atoms with Gasteiger partial charge in [-0.15, -0.1) is 0 Å². The van der Waals surface area contributed by atoms with E-state index in [1.807, 2.05) is 6.92 Å². The molecule has 0 aliphatic rings. The van der Waals surface area contributed by atoms with E-state index in [1.54, 1.807) is 0 Å². The highest BCUT2D eigenvalue weighted by atomic mass is 127. The molecule has 1 N–H and O–H groups in total. The molecule has 3 heteroatoms. The van der Waals surface area contributed by atoms with Crippen LogP contribution in [0.4, 0.5) is 0 Å². The number of halogens is 1. The van der Waals surface area contributed by atoms with Crippen LogP contribution in [0.3, 0.4) is 0 Å². The fraction of sp³-hybridized carbons (Fsp3) is 0.917. The van der Waals surface area contributed by atoms with E-state index in [4.69, 9.17) is 5.11 Å². The molecule has 0 aromatic heterocycles. The van der Waals surface area contributed by atoms with Gasteiger partial charge in [-0.25, -0.2) is 0 Å². The summed E-state index contributed by atoms with van der Waals surface area (Å²) in [5.41, 5.74) is 0. The summed E-state index contributed by atoms with van der Waals surface area (Å²) in [4.78, 5) is 10.7. The standard InChI is InChI=1S/C12H23IO2/c1-2-11(12(14)15)9-7-5-3-4-6-8-10-13/h11H,2-10H2,1H3,(H,14,15). The lowest BCUT2D eigenvalue weighted by Gasteiger charge is -2.08. The zero-order chi connectivity index (χ0) is 11.5. The number of hydrogen-bond acceptors (Lipinski definition) is 1. The minimum atomic E-state index is -0.623. The van der Waals surface area contributed by atoms with Gasteiger partial charge in [-0.1, -0.05) is 61.6 Å². The van der Waals surface area contributed by atoms with Crippen molar-refractivity contribution in [1.82, 2.24) is 0 Å². The molecular weight excluding hydrogens is 303 g/mol. The molecule has 0 amide bonds. The Bertz CT molecular complexity index is 160. The first kappa shape index (κ1) is 15.2. The number of hydrogen-bond donors (Lipinski definition) is 1. The SMILES string of the molecule is CCC(CCCCCCCCI)C(=O)O. The number of unbranched alkanes of at least 4 members (excludes halogenated alkanes) is 5. The van der Waals surface area contributed by atoms with Crippen molar-refractivity contribution in [3.8, 4) is 0 Å². The number of rotatable bonds is 10. The lowest BCUT2D eigenvalue weighted by atomic mass is 9.98. The quantitative estimate of drug-likeness (QED) is 0.370. The second kappa shape index (κ2) is 10.7. The van der Waals surface area contributed by atoms with Crippen molar-refractivity contribution in [2.75, 3.05) is 4.43 Å². The van der Waals surface area contributed by atoms with E-state index in [-0.39, 0.29) is 5.92 Å². The highest BCUT2D eigenvalue weighted by molar-refractivity contribution is 14.1. The molecule has 0 aromatic carbocycles. The van der Waals surface area contributed by atoms with Crippen molar-refractivity contribution in [1.29, 1.82) is 0 Å². The average molecular weight is 326 g/mol. The molecule has 0 fully saturated rings. The molecule has 0 saturated heterocycles. The smallest absolute Gasteiger partial charge is 0.306 e. The third kappa shape index (κ3) is 9.15. The van der Waals surface area contributed by atoms with Crippen molar-refractivity contribution in [3.05, 3.63) is 0 Å². The Morgan fingerprint density at radius 1 is 1.13 bits per heavy atom. The molecule has 0 aromatic rings. The van der Waals surface area contributed by atoms with Crippen LogP contribution in [0.25, 0.3) is 0 Å². The van der Waals surface area contributed by atoms with Gasteiger partial charge < -0.3 is 5.11 Å². The van der Waals surface area contributed by atoms with E-state index < -0.39 is 5.97 Å². The summed E-state index contributed by atoms with van der Waals surface area (Å²) < 4.78 is 1.26. The molecule has 0 aliphatic heterocycles. The summed E-state index contributed by atoms with van der Waals surface area (Å²) in [7, 11) is 0. The topological polar surface area (TPSA) is 37.3 Å². The first-order valence-corrected chi connectivity index (χ1v) is 7.53. The number of carbonyl (C=O) groups is 1. The lowest BCUT2D eigenvalue weighted by Crippen LogP contribution is -2.12. The molecule has 0 spiro atoms. The van der Waals surface area contributed by atoms with Gasteiger partial charge in [0.1, 0.15) is 0 Å². The van der Waals surface area contributed by atoms with Crippen molar-refractivity contribution >= 4 is 28.6 Å². The summed E-state index contributed by atoms with van der Waals surface area (Å²) in [6, 6.07) is 0. The number of aliphatic carboxylic acids is 1. The molecule has 1 unspecified atom stereocenters. The molecule has 15 heavy (non-hydrogen) atoms. The Morgan fingerprint density at radius 2 is 1.67 bits per heavy atom. The Morgan fingerprint density at radius 3 is 2.13 bits per heavy atom. The zero-order valence-electron chi connectivity index (χ0n) is 9.67. The maximum absolute atomic E-state index is 10.7. The summed E-state index contributed by atoms with van der Waals surface area (Å²) in [6.45, 7) is 1.96. The van der Waals surface area contributed by atoms with Crippen LogP contribution in [-0.4, -0.2) is 15.5 Å². The van der Waals surface area contributed by atoms with E-state index >= 15 is 0 Å². The van der Waals surface area contributed by atoms with Gasteiger partial charge in [-0.3, -0.25) is 4.79 Å². The molecule has 1 atom stereocenters. The van der Waals surface area contributed by atoms with Crippen LogP contribution in [0.15, 0.2) is 0 Å². The van der Waals surface area contributed by atoms with E-state index in [1.165, 1.54) is 36.5 Å². The second-order valence-electron chi connectivity index (χ2n) is 4.04. The van der Waals surface area contributed by atoms with Crippen molar-refractivity contribution in [3.63, 3.8) is 0 Å². The monoisotopic (exact) mass is 326 g/mol. The van der Waals surface area contributed by atoms with Gasteiger partial charge in [0.2, 0.25) is 0 Å². The molecule has 0 aliphatic carbocycles. The molecule has 2 nitrogen and oxygen atoms in total. The predicted molar refractivity (Wildman–Crippen MR) is 72.6 cm³/mol. The molecule has 0 heterocycles. The van der Waals surface area contributed by atoms with Crippen LogP contribution in [0.5, 0.6) is 0 Å². The minimum absolute atomic E-state index is 0.112. The van der Waals surface area contributed by atoms with Crippen molar-refractivity contribution < 1.29 is 9.90 Å². The van der Waals surface area contributed by atoms with Crippen LogP contribution >= 0.6 is 22.6 Å². The van der Waals surface area contributed by atoms with Gasteiger partial charge >= 0.3 is 5.97 Å². The first-order valence-electron chi connectivity index (χ1n) is 6.01. The number of carboxylic acids is 1. The molecule has 0 bridgehead atoms. The second-order valence-corrected chi connectivity index (χ2v) is 5.12. The zero-order valence-corrected chi connectivity index (χ0v) is 11.8. The maximum Gasteiger partial charge on any atom is 0.306 e. The van der Waals surface area contributed by atoms with Crippen LogP contribution < -0.4 is 0 Å². The van der Waals surface area contributed by atoms with Crippen LogP contribution in [0, 0.1) is 5.92 Å². The fourth-order valence-corrected chi connectivity index (χ4v) is 2.23. The summed E-state index contributed by atoms with van der Waals surface area (Å²) >= 11 is 2.41. The predicted octanol–water partition coefficient (Wildman–Crippen LogP) is 4.26. The highest BCUT2D eigenvalue weighted by Crippen LogP contribution is 2.15. The number of carboxylic acid groups (broad SMARTS) is 1. The maximum atomic E-state index is 10.7. The van der Waals surface area contributed by atoms with Gasteiger partial charge in [0.15, 0.2) is 0 Å². The Kier molecular flexibility index (Phi) is 10.9. The van der Waals surface area contributed by atoms with Gasteiger partial charge in [-0.2, -0.15) is 0 Å². The minimum Gasteiger partial charge on any atom is -0.481 e. The molecule has 0 radical (unpaired) electrons. The van der Waals surface area contributed by atoms with Crippen LogP contribution in [0.2, 0.25) is 0 Å². The summed E-state index contributed by atoms with van der Waals surface area (Å²) in [5.74, 6) is -0.734. The summed E-state index contributed by atoms with van der Waals surface area (Å²) in [6.07, 6.45) is 9.15. The molecule has 0 rings (SSSR count). The van der Waals surface area contributed by atoms with E-state index in [0.717, 1.165) is 19.3 Å². The average Bonchev–Trinajstić information content (AvgIpc) is 2.21. The Hall–Kier alpha value is 0.200. The highest BCUT2D eigenvalue weighted by Gasteiger charge is 2.13. The van der Waals surface area contributed by atoms with Gasteiger partial charge in [0.25, 0.3) is 0 Å². The van der Waals surface area contributed by atoms with Gasteiger partial charge in [0.05, 0.1) is 5.92 Å². The lowest BCUT2D eigenvalue weighted by molar-refractivity contribution is -0.142. The molecule has 90 valence electrons. The Labute approximate surface area is 107 Å². The third-order valence-electron chi connectivity index (χ3n) is 2.78. The normalized spacial score (nSPS) is 12.7. The summed E-state index contributed by atoms with van der Waals surface area (Å²) in [5, 5.41) is 8.85. The van der Waals surface area contributed by atoms with Crippen LogP contribution in [-0.2, 0) is 4.79 Å².